The predicted octanol–water partition coefficient (Wildman–Crippen LogP) is 2.58. The van der Waals surface area contributed by atoms with E-state index in [-0.39, 0.29) is 0 Å². The van der Waals surface area contributed by atoms with Gasteiger partial charge in [-0.2, -0.15) is 0 Å². The van der Waals surface area contributed by atoms with E-state index in [1.807, 2.05) is 0 Å². The van der Waals surface area contributed by atoms with E-state index in [1.54, 1.807) is 5.56 Å². The summed E-state index contributed by atoms with van der Waals surface area (Å²) in [4.78, 5) is 2.67. The zero-order valence-corrected chi connectivity index (χ0v) is 11.2. The Morgan fingerprint density at radius 2 is 1.72 bits per heavy atom. The molecule has 0 spiro atoms. The Kier molecular flexibility index (Phi) is 3.96. The average molecular weight is 244 g/mol. The van der Waals surface area contributed by atoms with E-state index >= 15 is 0 Å². The fourth-order valence-electron chi connectivity index (χ4n) is 3.28. The largest absolute Gasteiger partial charge is 0.308 e. The lowest BCUT2D eigenvalue weighted by molar-refractivity contribution is 0.244. The van der Waals surface area contributed by atoms with Crippen molar-refractivity contribution in [2.45, 2.75) is 44.7 Å². The van der Waals surface area contributed by atoms with Crippen molar-refractivity contribution < 1.29 is 0 Å². The third-order valence-electron chi connectivity index (χ3n) is 4.34. The highest BCUT2D eigenvalue weighted by molar-refractivity contribution is 5.29. The van der Waals surface area contributed by atoms with Crippen molar-refractivity contribution in [3.63, 3.8) is 0 Å². The van der Waals surface area contributed by atoms with Gasteiger partial charge in [-0.15, -0.1) is 0 Å². The molecule has 98 valence electrons. The molecular formula is C16H24N2. The van der Waals surface area contributed by atoms with E-state index in [0.29, 0.717) is 6.04 Å². The van der Waals surface area contributed by atoms with Crippen LogP contribution in [-0.4, -0.2) is 30.6 Å². The van der Waals surface area contributed by atoms with Crippen LogP contribution in [0.4, 0.5) is 0 Å². The Hall–Kier alpha value is -0.860. The van der Waals surface area contributed by atoms with Crippen molar-refractivity contribution in [1.29, 1.82) is 0 Å². The van der Waals surface area contributed by atoms with Gasteiger partial charge in [0.25, 0.3) is 0 Å². The molecule has 0 radical (unpaired) electrons. The van der Waals surface area contributed by atoms with Crippen LogP contribution in [0.5, 0.6) is 0 Å². The van der Waals surface area contributed by atoms with Gasteiger partial charge in [0.15, 0.2) is 0 Å². The van der Waals surface area contributed by atoms with E-state index < -0.39 is 0 Å². The first kappa shape index (κ1) is 12.2. The van der Waals surface area contributed by atoms with Gasteiger partial charge in [0.2, 0.25) is 0 Å². The molecule has 1 N–H and O–H groups in total. The first-order valence-electron chi connectivity index (χ1n) is 7.44. The van der Waals surface area contributed by atoms with Crippen LogP contribution in [0, 0.1) is 0 Å². The number of likely N-dealkylation sites (tertiary alicyclic amines) is 1. The molecule has 2 heteroatoms. The Morgan fingerprint density at radius 3 is 2.50 bits per heavy atom. The summed E-state index contributed by atoms with van der Waals surface area (Å²) in [5.74, 6) is 0. The van der Waals surface area contributed by atoms with E-state index in [9.17, 15) is 0 Å². The molecule has 3 rings (SSSR count). The first-order valence-corrected chi connectivity index (χ1v) is 7.44. The summed E-state index contributed by atoms with van der Waals surface area (Å²) in [6, 6.07) is 9.52. The lowest BCUT2D eigenvalue weighted by Gasteiger charge is -2.31. The minimum absolute atomic E-state index is 0.651. The van der Waals surface area contributed by atoms with Crippen LogP contribution < -0.4 is 5.32 Å². The molecule has 2 heterocycles. The van der Waals surface area contributed by atoms with Crippen LogP contribution in [0.2, 0.25) is 0 Å². The van der Waals surface area contributed by atoms with E-state index in [4.69, 9.17) is 0 Å². The SMILES string of the molecule is c1ccc2c(c1)CNC(CN1CCCCCC1)C2. The van der Waals surface area contributed by atoms with Crippen LogP contribution in [0.3, 0.4) is 0 Å². The Bertz CT molecular complexity index is 380. The van der Waals surface area contributed by atoms with Crippen molar-refractivity contribution in [3.8, 4) is 0 Å². The Morgan fingerprint density at radius 1 is 1.00 bits per heavy atom. The second-order valence-corrected chi connectivity index (χ2v) is 5.77. The van der Waals surface area contributed by atoms with Crippen molar-refractivity contribution in [3.05, 3.63) is 35.4 Å². The third-order valence-corrected chi connectivity index (χ3v) is 4.34. The second kappa shape index (κ2) is 5.85. The van der Waals surface area contributed by atoms with E-state index in [2.05, 4.69) is 34.5 Å². The smallest absolute Gasteiger partial charge is 0.0238 e. The van der Waals surface area contributed by atoms with Crippen LogP contribution >= 0.6 is 0 Å². The summed E-state index contributed by atoms with van der Waals surface area (Å²) < 4.78 is 0. The maximum absolute atomic E-state index is 3.70. The minimum atomic E-state index is 0.651. The van der Waals surface area contributed by atoms with Crippen LogP contribution in [-0.2, 0) is 13.0 Å². The number of nitrogens with one attached hydrogen (secondary N) is 1. The highest BCUT2D eigenvalue weighted by Gasteiger charge is 2.20. The van der Waals surface area contributed by atoms with Crippen molar-refractivity contribution in [2.75, 3.05) is 19.6 Å². The molecule has 1 saturated heterocycles. The van der Waals surface area contributed by atoms with Crippen molar-refractivity contribution >= 4 is 0 Å². The van der Waals surface area contributed by atoms with Crippen LogP contribution in [0.25, 0.3) is 0 Å². The molecule has 2 aliphatic rings. The molecule has 0 aliphatic carbocycles. The molecule has 2 nitrogen and oxygen atoms in total. The molecule has 0 amide bonds. The van der Waals surface area contributed by atoms with Crippen LogP contribution in [0.15, 0.2) is 24.3 Å². The van der Waals surface area contributed by atoms with Gasteiger partial charge in [0.1, 0.15) is 0 Å². The predicted molar refractivity (Wildman–Crippen MR) is 75.7 cm³/mol. The zero-order valence-electron chi connectivity index (χ0n) is 11.2. The lowest BCUT2D eigenvalue weighted by atomic mass is 9.95. The Balaban J connectivity index is 1.58. The van der Waals surface area contributed by atoms with Gasteiger partial charge >= 0.3 is 0 Å². The number of rotatable bonds is 2. The number of nitrogens with zero attached hydrogens (tertiary/aromatic N) is 1. The molecule has 1 atom stereocenters. The van der Waals surface area contributed by atoms with Gasteiger partial charge in [0.05, 0.1) is 0 Å². The zero-order chi connectivity index (χ0) is 12.2. The molecule has 1 aromatic carbocycles. The van der Waals surface area contributed by atoms with E-state index in [0.717, 1.165) is 6.54 Å². The molecule has 18 heavy (non-hydrogen) atoms. The van der Waals surface area contributed by atoms with Gasteiger partial charge in [0, 0.05) is 19.1 Å². The third kappa shape index (κ3) is 2.93. The lowest BCUT2D eigenvalue weighted by Crippen LogP contribution is -2.44. The summed E-state index contributed by atoms with van der Waals surface area (Å²) in [6.45, 7) is 4.89. The number of fused-ring (bicyclic) bond motifs is 1. The van der Waals surface area contributed by atoms with Gasteiger partial charge in [-0.1, -0.05) is 37.1 Å². The highest BCUT2D eigenvalue weighted by Crippen LogP contribution is 2.18. The molecule has 1 fully saturated rings. The van der Waals surface area contributed by atoms with Gasteiger partial charge in [-0.05, 0) is 43.5 Å². The van der Waals surface area contributed by atoms with E-state index in [1.165, 1.54) is 57.3 Å². The highest BCUT2D eigenvalue weighted by atomic mass is 15.1. The first-order chi connectivity index (χ1) is 8.92. The second-order valence-electron chi connectivity index (χ2n) is 5.77. The number of hydrogen-bond donors (Lipinski definition) is 1. The molecule has 0 bridgehead atoms. The molecule has 1 unspecified atom stereocenters. The molecule has 0 aromatic heterocycles. The average Bonchev–Trinajstić information content (AvgIpc) is 2.67. The summed E-state index contributed by atoms with van der Waals surface area (Å²) in [5.41, 5.74) is 3.04. The maximum atomic E-state index is 3.70. The monoisotopic (exact) mass is 244 g/mol. The van der Waals surface area contributed by atoms with Gasteiger partial charge < -0.3 is 10.2 Å². The Labute approximate surface area is 110 Å². The molecule has 2 aliphatic heterocycles. The normalized spacial score (nSPS) is 25.4. The fraction of sp³-hybridized carbons (Fsp3) is 0.625. The minimum Gasteiger partial charge on any atom is -0.308 e. The molecule has 0 saturated carbocycles. The summed E-state index contributed by atoms with van der Waals surface area (Å²) >= 11 is 0. The van der Waals surface area contributed by atoms with Gasteiger partial charge in [-0.25, -0.2) is 0 Å². The maximum Gasteiger partial charge on any atom is 0.0238 e. The molecular weight excluding hydrogens is 220 g/mol. The summed E-state index contributed by atoms with van der Waals surface area (Å²) in [6.07, 6.45) is 6.84. The van der Waals surface area contributed by atoms with Gasteiger partial charge in [-0.3, -0.25) is 0 Å². The summed E-state index contributed by atoms with van der Waals surface area (Å²) in [7, 11) is 0. The number of benzene rings is 1. The van der Waals surface area contributed by atoms with Crippen LogP contribution in [0.1, 0.15) is 36.8 Å². The summed E-state index contributed by atoms with van der Waals surface area (Å²) in [5, 5.41) is 3.70. The number of hydrogen-bond acceptors (Lipinski definition) is 2. The standard InChI is InChI=1S/C16H24N2/c1-2-6-10-18(9-5-1)13-16-11-14-7-3-4-8-15(14)12-17-16/h3-4,7-8,16-17H,1-2,5-6,9-13H2. The quantitative estimate of drug-likeness (QED) is 0.860. The fourth-order valence-corrected chi connectivity index (χ4v) is 3.28. The van der Waals surface area contributed by atoms with Crippen molar-refractivity contribution in [2.24, 2.45) is 0 Å². The topological polar surface area (TPSA) is 15.3 Å². The van der Waals surface area contributed by atoms with Crippen molar-refractivity contribution in [1.82, 2.24) is 10.2 Å². The molecule has 1 aromatic rings.